The number of carbonyl (C=O) groups excluding carboxylic acids is 3. The molecule has 0 aliphatic heterocycles. The van der Waals surface area contributed by atoms with Crippen molar-refractivity contribution in [2.75, 3.05) is 6.61 Å². The van der Waals surface area contributed by atoms with Crippen LogP contribution < -0.4 is 10.9 Å². The van der Waals surface area contributed by atoms with Crippen LogP contribution in [0.15, 0.2) is 17.5 Å². The Kier molecular flexibility index (Phi) is 4.95. The Hall–Kier alpha value is -1.89. The van der Waals surface area contributed by atoms with Gasteiger partial charge in [-0.2, -0.15) is 0 Å². The summed E-state index contributed by atoms with van der Waals surface area (Å²) in [4.78, 5) is 35.5. The third-order valence-electron chi connectivity index (χ3n) is 4.74. The van der Waals surface area contributed by atoms with Crippen LogP contribution in [0.3, 0.4) is 0 Å². The van der Waals surface area contributed by atoms with Crippen molar-refractivity contribution in [2.24, 2.45) is 17.8 Å². The van der Waals surface area contributed by atoms with Gasteiger partial charge in [-0.3, -0.25) is 25.2 Å². The molecule has 6 nitrogen and oxygen atoms in total. The molecule has 2 saturated carbocycles. The summed E-state index contributed by atoms with van der Waals surface area (Å²) in [6.45, 7) is -0.371. The molecule has 23 heavy (non-hydrogen) atoms. The van der Waals surface area contributed by atoms with Crippen molar-refractivity contribution in [1.29, 1.82) is 0 Å². The highest BCUT2D eigenvalue weighted by Gasteiger charge is 2.40. The summed E-state index contributed by atoms with van der Waals surface area (Å²) < 4.78 is 5.00. The van der Waals surface area contributed by atoms with Gasteiger partial charge in [-0.25, -0.2) is 0 Å². The average molecular weight is 336 g/mol. The van der Waals surface area contributed by atoms with Crippen molar-refractivity contribution >= 4 is 29.1 Å². The number of ether oxygens (including phenoxy) is 1. The van der Waals surface area contributed by atoms with Gasteiger partial charge in [0, 0.05) is 6.42 Å². The Morgan fingerprint density at radius 1 is 1.22 bits per heavy atom. The largest absolute Gasteiger partial charge is 0.455 e. The number of carbonyl (C=O) groups is 3. The van der Waals surface area contributed by atoms with Crippen molar-refractivity contribution < 1.29 is 19.1 Å². The number of hydrazine groups is 1. The van der Waals surface area contributed by atoms with Gasteiger partial charge in [0.05, 0.1) is 4.88 Å². The maximum absolute atomic E-state index is 11.8. The molecule has 2 fully saturated rings. The number of amides is 2. The van der Waals surface area contributed by atoms with Crippen molar-refractivity contribution in [3.05, 3.63) is 22.4 Å². The van der Waals surface area contributed by atoms with Crippen LogP contribution in [0.5, 0.6) is 0 Å². The molecule has 1 heterocycles. The fraction of sp³-hybridized carbons (Fsp3) is 0.562. The molecular formula is C16H20N2O4S. The molecule has 7 heteroatoms. The second-order valence-electron chi connectivity index (χ2n) is 6.28. The topological polar surface area (TPSA) is 84.5 Å². The molecule has 2 aliphatic rings. The normalized spacial score (nSPS) is 25.1. The van der Waals surface area contributed by atoms with Gasteiger partial charge in [-0.15, -0.1) is 11.3 Å². The van der Waals surface area contributed by atoms with E-state index in [9.17, 15) is 14.4 Å². The van der Waals surface area contributed by atoms with E-state index in [0.29, 0.717) is 23.1 Å². The number of thiophene rings is 1. The minimum Gasteiger partial charge on any atom is -0.455 e. The predicted octanol–water partition coefficient (Wildman–Crippen LogP) is 1.88. The molecule has 3 rings (SSSR count). The van der Waals surface area contributed by atoms with Crippen LogP contribution >= 0.6 is 11.3 Å². The first kappa shape index (κ1) is 16.0. The van der Waals surface area contributed by atoms with Gasteiger partial charge in [-0.05, 0) is 48.5 Å². The summed E-state index contributed by atoms with van der Waals surface area (Å²) in [5.41, 5.74) is 4.52. The summed E-state index contributed by atoms with van der Waals surface area (Å²) in [6, 6.07) is 3.40. The van der Waals surface area contributed by atoms with Crippen LogP contribution in [0.2, 0.25) is 0 Å². The van der Waals surface area contributed by atoms with Gasteiger partial charge in [0.2, 0.25) is 0 Å². The SMILES string of the molecule is O=C(COC(=O)C[C@@H]1C[C@@H]2CC[C@@H]1C2)NNC(=O)c1cccs1. The molecule has 2 amide bonds. The van der Waals surface area contributed by atoms with Crippen LogP contribution in [-0.4, -0.2) is 24.4 Å². The zero-order chi connectivity index (χ0) is 16.2. The average Bonchev–Trinajstić information content (AvgIpc) is 3.27. The van der Waals surface area contributed by atoms with Gasteiger partial charge in [-0.1, -0.05) is 12.5 Å². The summed E-state index contributed by atoms with van der Waals surface area (Å²) in [7, 11) is 0. The van der Waals surface area contributed by atoms with Crippen LogP contribution in [0.25, 0.3) is 0 Å². The number of fused-ring (bicyclic) bond motifs is 2. The smallest absolute Gasteiger partial charge is 0.306 e. The molecular weight excluding hydrogens is 316 g/mol. The second-order valence-corrected chi connectivity index (χ2v) is 7.23. The summed E-state index contributed by atoms with van der Waals surface area (Å²) >= 11 is 1.28. The lowest BCUT2D eigenvalue weighted by Gasteiger charge is -2.20. The summed E-state index contributed by atoms with van der Waals surface area (Å²) in [6.07, 6.45) is 5.27. The molecule has 124 valence electrons. The number of rotatable bonds is 5. The molecule has 2 N–H and O–H groups in total. The number of esters is 1. The quantitative estimate of drug-likeness (QED) is 0.635. The second kappa shape index (κ2) is 7.12. The minimum atomic E-state index is -0.545. The maximum Gasteiger partial charge on any atom is 0.306 e. The van der Waals surface area contributed by atoms with E-state index < -0.39 is 5.91 Å². The van der Waals surface area contributed by atoms with Crippen molar-refractivity contribution in [3.8, 4) is 0 Å². The van der Waals surface area contributed by atoms with Crippen LogP contribution in [0.1, 0.15) is 41.8 Å². The molecule has 0 unspecified atom stereocenters. The van der Waals surface area contributed by atoms with E-state index in [1.54, 1.807) is 17.5 Å². The predicted molar refractivity (Wildman–Crippen MR) is 84.4 cm³/mol. The lowest BCUT2D eigenvalue weighted by atomic mass is 9.86. The highest BCUT2D eigenvalue weighted by Crippen LogP contribution is 2.49. The van der Waals surface area contributed by atoms with Gasteiger partial charge in [0.25, 0.3) is 11.8 Å². The van der Waals surface area contributed by atoms with E-state index in [1.807, 2.05) is 0 Å². The van der Waals surface area contributed by atoms with E-state index >= 15 is 0 Å². The van der Waals surface area contributed by atoms with Gasteiger partial charge in [0.1, 0.15) is 0 Å². The first-order chi connectivity index (χ1) is 11.1. The third kappa shape index (κ3) is 4.10. The summed E-state index contributed by atoms with van der Waals surface area (Å²) in [5.74, 6) is 0.600. The van der Waals surface area contributed by atoms with Crippen LogP contribution in [0, 0.1) is 17.8 Å². The van der Waals surface area contributed by atoms with Gasteiger partial charge >= 0.3 is 5.97 Å². The monoisotopic (exact) mass is 336 g/mol. The van der Waals surface area contributed by atoms with Gasteiger partial charge < -0.3 is 4.74 Å². The van der Waals surface area contributed by atoms with Crippen LogP contribution in [-0.2, 0) is 14.3 Å². The Morgan fingerprint density at radius 3 is 2.74 bits per heavy atom. The molecule has 2 bridgehead atoms. The minimum absolute atomic E-state index is 0.331. The van der Waals surface area contributed by atoms with E-state index in [0.717, 1.165) is 12.3 Å². The van der Waals surface area contributed by atoms with Crippen LogP contribution in [0.4, 0.5) is 0 Å². The highest BCUT2D eigenvalue weighted by molar-refractivity contribution is 7.12. The fourth-order valence-corrected chi connectivity index (χ4v) is 4.30. The Balaban J connectivity index is 1.32. The molecule has 0 radical (unpaired) electrons. The zero-order valence-electron chi connectivity index (χ0n) is 12.7. The number of hydrogen-bond donors (Lipinski definition) is 2. The van der Waals surface area contributed by atoms with Crippen molar-refractivity contribution in [1.82, 2.24) is 10.9 Å². The lowest BCUT2D eigenvalue weighted by molar-refractivity contribution is -0.150. The molecule has 1 aromatic rings. The zero-order valence-corrected chi connectivity index (χ0v) is 13.6. The van der Waals surface area contributed by atoms with E-state index in [4.69, 9.17) is 4.74 Å². The first-order valence-corrected chi connectivity index (χ1v) is 8.78. The van der Waals surface area contributed by atoms with Crippen molar-refractivity contribution in [2.45, 2.75) is 32.1 Å². The Bertz CT molecular complexity index is 587. The third-order valence-corrected chi connectivity index (χ3v) is 5.61. The maximum atomic E-state index is 11.8. The fourth-order valence-electron chi connectivity index (χ4n) is 3.68. The molecule has 2 aliphatic carbocycles. The first-order valence-electron chi connectivity index (χ1n) is 7.90. The van der Waals surface area contributed by atoms with Gasteiger partial charge in [0.15, 0.2) is 6.61 Å². The number of nitrogens with one attached hydrogen (secondary N) is 2. The highest BCUT2D eigenvalue weighted by atomic mass is 32.1. The molecule has 0 aromatic carbocycles. The standard InChI is InChI=1S/C16H20N2O4S/c19-14(17-18-16(21)13-2-1-5-23-13)9-22-15(20)8-12-7-10-3-4-11(12)6-10/h1-2,5,10-12H,3-4,6-9H2,(H,17,19)(H,18,21)/t10-,11-,12+/m1/s1. The molecule has 0 spiro atoms. The van der Waals surface area contributed by atoms with Crippen molar-refractivity contribution in [3.63, 3.8) is 0 Å². The Labute approximate surface area is 138 Å². The Morgan fingerprint density at radius 2 is 2.09 bits per heavy atom. The van der Waals surface area contributed by atoms with E-state index in [-0.39, 0.29) is 18.5 Å². The van der Waals surface area contributed by atoms with E-state index in [1.165, 1.54) is 30.6 Å². The molecule has 1 aromatic heterocycles. The molecule has 3 atom stereocenters. The molecule has 0 saturated heterocycles. The lowest BCUT2D eigenvalue weighted by Crippen LogP contribution is -2.43. The summed E-state index contributed by atoms with van der Waals surface area (Å²) in [5, 5.41) is 1.77. The van der Waals surface area contributed by atoms with E-state index in [2.05, 4.69) is 10.9 Å². The number of hydrogen-bond acceptors (Lipinski definition) is 5.